The fourth-order valence-electron chi connectivity index (χ4n) is 3.63. The molecule has 2 aliphatic carbocycles. The van der Waals surface area contributed by atoms with Crippen LogP contribution in [0.4, 0.5) is 0 Å². The molecule has 3 unspecified atom stereocenters. The number of fused-ring (bicyclic) bond motifs is 2. The summed E-state index contributed by atoms with van der Waals surface area (Å²) in [6, 6.07) is 2.25. The molecule has 2 bridgehead atoms. The van der Waals surface area contributed by atoms with Crippen molar-refractivity contribution in [1.29, 1.82) is 5.26 Å². The Morgan fingerprint density at radius 1 is 1.40 bits per heavy atom. The highest BCUT2D eigenvalue weighted by atomic mass is 32.2. The van der Waals surface area contributed by atoms with Crippen molar-refractivity contribution in [1.82, 2.24) is 0 Å². The van der Waals surface area contributed by atoms with Crippen LogP contribution in [0.2, 0.25) is 0 Å². The largest absolute Gasteiger partial charge is 0.198 e. The Morgan fingerprint density at radius 2 is 2.13 bits per heavy atom. The quantitative estimate of drug-likeness (QED) is 0.679. The zero-order valence-electron chi connectivity index (χ0n) is 10.0. The van der Waals surface area contributed by atoms with Gasteiger partial charge in [-0.05, 0) is 36.0 Å². The highest BCUT2D eigenvalue weighted by Crippen LogP contribution is 2.68. The minimum absolute atomic E-state index is 0.525. The van der Waals surface area contributed by atoms with Crippen LogP contribution in [0, 0.1) is 28.1 Å². The molecule has 0 heterocycles. The van der Waals surface area contributed by atoms with Crippen molar-refractivity contribution < 1.29 is 0 Å². The maximum Gasteiger partial charge on any atom is 0.0630 e. The molecular formula is C13H21NS. The van der Waals surface area contributed by atoms with Gasteiger partial charge in [-0.25, -0.2) is 0 Å². The molecule has 0 aromatic rings. The van der Waals surface area contributed by atoms with Crippen molar-refractivity contribution in [2.45, 2.75) is 51.7 Å². The zero-order valence-corrected chi connectivity index (χ0v) is 10.9. The summed E-state index contributed by atoms with van der Waals surface area (Å²) in [5.74, 6) is 1.96. The van der Waals surface area contributed by atoms with Gasteiger partial charge in [-0.3, -0.25) is 0 Å². The average Bonchev–Trinajstić information content (AvgIpc) is 2.51. The molecule has 0 aromatic heterocycles. The number of nitriles is 1. The standard InChI is InChI=1S/C13H21NS/c1-12(2)10-5-6-13(12,3)11(9-10)15-8-4-7-14/h10-11H,4-6,8-9H2,1-3H3. The maximum absolute atomic E-state index is 8.58. The lowest BCUT2D eigenvalue weighted by molar-refractivity contribution is 0.156. The molecule has 15 heavy (non-hydrogen) atoms. The first-order valence-corrected chi connectivity index (χ1v) is 7.06. The van der Waals surface area contributed by atoms with E-state index in [1.807, 2.05) is 0 Å². The second-order valence-corrected chi connectivity index (χ2v) is 7.19. The monoisotopic (exact) mass is 223 g/mol. The molecule has 0 spiro atoms. The van der Waals surface area contributed by atoms with Crippen LogP contribution in [-0.2, 0) is 0 Å². The molecule has 2 heteroatoms. The Labute approximate surface area is 97.6 Å². The first-order valence-electron chi connectivity index (χ1n) is 6.01. The van der Waals surface area contributed by atoms with E-state index in [9.17, 15) is 0 Å². The van der Waals surface area contributed by atoms with Crippen LogP contribution in [0.5, 0.6) is 0 Å². The molecule has 2 aliphatic rings. The third kappa shape index (κ3) is 1.51. The Morgan fingerprint density at radius 3 is 2.60 bits per heavy atom. The van der Waals surface area contributed by atoms with Crippen molar-refractivity contribution in [3.8, 4) is 6.07 Å². The summed E-state index contributed by atoms with van der Waals surface area (Å²) in [7, 11) is 0. The molecule has 84 valence electrons. The highest BCUT2D eigenvalue weighted by Gasteiger charge is 2.61. The zero-order chi connectivity index (χ0) is 11.1. The van der Waals surface area contributed by atoms with Crippen molar-refractivity contribution in [3.63, 3.8) is 0 Å². The van der Waals surface area contributed by atoms with Crippen molar-refractivity contribution >= 4 is 11.8 Å². The van der Waals surface area contributed by atoms with Crippen molar-refractivity contribution in [2.24, 2.45) is 16.7 Å². The van der Waals surface area contributed by atoms with Gasteiger partial charge in [0.05, 0.1) is 6.07 Å². The Balaban J connectivity index is 2.03. The van der Waals surface area contributed by atoms with Gasteiger partial charge in [-0.15, -0.1) is 0 Å². The van der Waals surface area contributed by atoms with E-state index >= 15 is 0 Å². The second kappa shape index (κ2) is 3.70. The van der Waals surface area contributed by atoms with Crippen LogP contribution in [0.1, 0.15) is 46.5 Å². The predicted octanol–water partition coefficient (Wildman–Crippen LogP) is 3.85. The fourth-order valence-corrected chi connectivity index (χ4v) is 5.28. The van der Waals surface area contributed by atoms with E-state index in [0.29, 0.717) is 17.3 Å². The molecule has 2 fully saturated rings. The van der Waals surface area contributed by atoms with Gasteiger partial charge in [0, 0.05) is 17.4 Å². The van der Waals surface area contributed by atoms with Gasteiger partial charge in [0.2, 0.25) is 0 Å². The topological polar surface area (TPSA) is 23.8 Å². The minimum atomic E-state index is 0.525. The minimum Gasteiger partial charge on any atom is -0.198 e. The number of hydrogen-bond donors (Lipinski definition) is 0. The van der Waals surface area contributed by atoms with Crippen LogP contribution in [-0.4, -0.2) is 11.0 Å². The number of thioether (sulfide) groups is 1. The summed E-state index contributed by atoms with van der Waals surface area (Å²) in [5.41, 5.74) is 1.05. The molecule has 0 N–H and O–H groups in total. The van der Waals surface area contributed by atoms with Gasteiger partial charge in [0.1, 0.15) is 0 Å². The molecule has 0 aromatic carbocycles. The molecule has 2 saturated carbocycles. The lowest BCUT2D eigenvalue weighted by Crippen LogP contribution is -2.34. The molecule has 0 amide bonds. The Kier molecular flexibility index (Phi) is 2.79. The lowest BCUT2D eigenvalue weighted by Gasteiger charge is -2.39. The van der Waals surface area contributed by atoms with Crippen LogP contribution in [0.25, 0.3) is 0 Å². The molecule has 0 saturated heterocycles. The summed E-state index contributed by atoms with van der Waals surface area (Å²) in [5, 5.41) is 9.38. The molecule has 1 nitrogen and oxygen atoms in total. The van der Waals surface area contributed by atoms with Gasteiger partial charge < -0.3 is 0 Å². The van der Waals surface area contributed by atoms with Crippen LogP contribution in [0.15, 0.2) is 0 Å². The van der Waals surface area contributed by atoms with Crippen molar-refractivity contribution in [3.05, 3.63) is 0 Å². The van der Waals surface area contributed by atoms with E-state index in [2.05, 4.69) is 38.6 Å². The van der Waals surface area contributed by atoms with Gasteiger partial charge in [-0.1, -0.05) is 20.8 Å². The summed E-state index contributed by atoms with van der Waals surface area (Å²) in [6.45, 7) is 7.38. The first-order chi connectivity index (χ1) is 7.02. The van der Waals surface area contributed by atoms with E-state index in [0.717, 1.165) is 16.9 Å². The molecule has 2 rings (SSSR count). The van der Waals surface area contributed by atoms with Gasteiger partial charge >= 0.3 is 0 Å². The highest BCUT2D eigenvalue weighted by molar-refractivity contribution is 7.99. The summed E-state index contributed by atoms with van der Waals surface area (Å²) in [6.07, 6.45) is 4.93. The molecule has 3 atom stereocenters. The van der Waals surface area contributed by atoms with E-state index in [1.54, 1.807) is 0 Å². The van der Waals surface area contributed by atoms with Gasteiger partial charge in [-0.2, -0.15) is 17.0 Å². The van der Waals surface area contributed by atoms with Crippen LogP contribution in [0.3, 0.4) is 0 Å². The molecule has 0 aliphatic heterocycles. The van der Waals surface area contributed by atoms with E-state index in [-0.39, 0.29) is 0 Å². The number of hydrogen-bond acceptors (Lipinski definition) is 2. The third-order valence-electron chi connectivity index (χ3n) is 5.25. The molecule has 0 radical (unpaired) electrons. The Bertz CT molecular complexity index is 291. The normalized spacial score (nSPS) is 41.7. The summed E-state index contributed by atoms with van der Waals surface area (Å²) >= 11 is 2.05. The maximum atomic E-state index is 8.58. The lowest BCUT2D eigenvalue weighted by atomic mass is 9.71. The van der Waals surface area contributed by atoms with Crippen LogP contribution < -0.4 is 0 Å². The van der Waals surface area contributed by atoms with Gasteiger partial charge in [0.25, 0.3) is 0 Å². The van der Waals surface area contributed by atoms with Crippen molar-refractivity contribution in [2.75, 3.05) is 5.75 Å². The summed E-state index contributed by atoms with van der Waals surface area (Å²) < 4.78 is 0. The van der Waals surface area contributed by atoms with E-state index in [1.165, 1.54) is 19.3 Å². The predicted molar refractivity (Wildman–Crippen MR) is 65.7 cm³/mol. The first kappa shape index (κ1) is 11.3. The third-order valence-corrected chi connectivity index (χ3v) is 6.80. The smallest absolute Gasteiger partial charge is 0.0630 e. The number of rotatable bonds is 3. The summed E-state index contributed by atoms with van der Waals surface area (Å²) in [4.78, 5) is 0. The van der Waals surface area contributed by atoms with E-state index < -0.39 is 0 Å². The average molecular weight is 223 g/mol. The van der Waals surface area contributed by atoms with E-state index in [4.69, 9.17) is 5.26 Å². The SMILES string of the molecule is CC1(C)C2CCC1(C)C(SCCC#N)C2. The second-order valence-electron chi connectivity index (χ2n) is 5.88. The van der Waals surface area contributed by atoms with Gasteiger partial charge in [0.15, 0.2) is 0 Å². The number of nitrogens with zero attached hydrogens (tertiary/aromatic N) is 1. The Hall–Kier alpha value is -0.160. The molecular weight excluding hydrogens is 202 g/mol. The van der Waals surface area contributed by atoms with Crippen LogP contribution >= 0.6 is 11.8 Å². The fraction of sp³-hybridized carbons (Fsp3) is 0.923.